The minimum atomic E-state index is 0.135. The molecule has 27 heavy (non-hydrogen) atoms. The number of aromatic nitrogens is 1. The second-order valence-corrected chi connectivity index (χ2v) is 7.88. The number of hydrogen-bond donors (Lipinski definition) is 0. The van der Waals surface area contributed by atoms with Crippen LogP contribution in [0.5, 0.6) is 0 Å². The van der Waals surface area contributed by atoms with Gasteiger partial charge in [-0.25, -0.2) is 4.98 Å². The normalized spacial score (nSPS) is 18.5. The molecule has 0 spiro atoms. The smallest absolute Gasteiger partial charge is 0.255 e. The molecule has 0 unspecified atom stereocenters. The number of carbonyl (C=O) groups excluding carboxylic acids is 1. The van der Waals surface area contributed by atoms with Gasteiger partial charge in [0, 0.05) is 32.4 Å². The summed E-state index contributed by atoms with van der Waals surface area (Å²) in [7, 11) is 0. The van der Waals surface area contributed by atoms with Crippen molar-refractivity contribution in [1.29, 1.82) is 0 Å². The fourth-order valence-corrected chi connectivity index (χ4v) is 4.29. The van der Waals surface area contributed by atoms with Gasteiger partial charge in [-0.2, -0.15) is 0 Å². The van der Waals surface area contributed by atoms with Gasteiger partial charge < -0.3 is 9.80 Å². The summed E-state index contributed by atoms with van der Waals surface area (Å²) in [4.78, 5) is 21.5. The Balaban J connectivity index is 1.31. The minimum absolute atomic E-state index is 0.135. The maximum Gasteiger partial charge on any atom is 0.255 e. The predicted octanol–water partition coefficient (Wildman–Crippen LogP) is 4.17. The lowest BCUT2D eigenvalue weighted by Crippen LogP contribution is -2.36. The van der Waals surface area contributed by atoms with Crippen molar-refractivity contribution in [3.05, 3.63) is 59.8 Å². The quantitative estimate of drug-likeness (QED) is 0.818. The molecule has 0 bridgehead atoms. The Morgan fingerprint density at radius 2 is 1.67 bits per heavy atom. The van der Waals surface area contributed by atoms with E-state index in [4.69, 9.17) is 0 Å². The van der Waals surface area contributed by atoms with Crippen molar-refractivity contribution in [2.45, 2.75) is 38.5 Å². The van der Waals surface area contributed by atoms with Crippen molar-refractivity contribution in [2.75, 3.05) is 31.1 Å². The van der Waals surface area contributed by atoms with Gasteiger partial charge >= 0.3 is 0 Å². The van der Waals surface area contributed by atoms with E-state index in [2.05, 4.69) is 40.2 Å². The number of carbonyl (C=O) groups is 1. The second kappa shape index (κ2) is 8.55. The van der Waals surface area contributed by atoms with E-state index in [9.17, 15) is 4.79 Å². The zero-order valence-electron chi connectivity index (χ0n) is 16.0. The van der Waals surface area contributed by atoms with Crippen LogP contribution in [0, 0.1) is 5.92 Å². The highest BCUT2D eigenvalue weighted by Crippen LogP contribution is 2.25. The molecule has 2 aliphatic heterocycles. The lowest BCUT2D eigenvalue weighted by atomic mass is 9.90. The van der Waals surface area contributed by atoms with Gasteiger partial charge in [-0.3, -0.25) is 4.79 Å². The summed E-state index contributed by atoms with van der Waals surface area (Å²) >= 11 is 0. The Bertz CT molecular complexity index is 730. The highest BCUT2D eigenvalue weighted by atomic mass is 16.2. The van der Waals surface area contributed by atoms with Gasteiger partial charge in [-0.05, 0) is 62.1 Å². The van der Waals surface area contributed by atoms with Gasteiger partial charge in [0.1, 0.15) is 5.82 Å². The molecule has 0 atom stereocenters. The molecule has 2 aliphatic rings. The molecule has 0 aliphatic carbocycles. The molecule has 2 aromatic rings. The van der Waals surface area contributed by atoms with Crippen LogP contribution in [0.2, 0.25) is 0 Å². The van der Waals surface area contributed by atoms with Crippen LogP contribution < -0.4 is 4.90 Å². The summed E-state index contributed by atoms with van der Waals surface area (Å²) in [5.74, 6) is 1.89. The van der Waals surface area contributed by atoms with Crippen LogP contribution in [-0.2, 0) is 6.42 Å². The molecule has 4 rings (SSSR count). The Kier molecular flexibility index (Phi) is 5.71. The molecule has 0 radical (unpaired) electrons. The van der Waals surface area contributed by atoms with Gasteiger partial charge in [-0.1, -0.05) is 30.3 Å². The second-order valence-electron chi connectivity index (χ2n) is 7.88. The first-order valence-corrected chi connectivity index (χ1v) is 10.3. The van der Waals surface area contributed by atoms with E-state index in [-0.39, 0.29) is 5.91 Å². The third-order valence-corrected chi connectivity index (χ3v) is 5.94. The highest BCUT2D eigenvalue weighted by molar-refractivity contribution is 5.94. The van der Waals surface area contributed by atoms with E-state index >= 15 is 0 Å². The van der Waals surface area contributed by atoms with Crippen LogP contribution >= 0.6 is 0 Å². The van der Waals surface area contributed by atoms with Gasteiger partial charge in [0.2, 0.25) is 0 Å². The van der Waals surface area contributed by atoms with Crippen molar-refractivity contribution in [1.82, 2.24) is 9.88 Å². The highest BCUT2D eigenvalue weighted by Gasteiger charge is 2.22. The number of amides is 1. The van der Waals surface area contributed by atoms with Crippen LogP contribution in [0.1, 0.15) is 48.0 Å². The molecule has 1 aromatic heterocycles. The number of likely N-dealkylation sites (tertiary alicyclic amines) is 1. The fraction of sp³-hybridized carbons (Fsp3) is 0.478. The topological polar surface area (TPSA) is 36.4 Å². The van der Waals surface area contributed by atoms with E-state index in [0.717, 1.165) is 56.3 Å². The summed E-state index contributed by atoms with van der Waals surface area (Å²) < 4.78 is 0. The fourth-order valence-electron chi connectivity index (χ4n) is 4.29. The van der Waals surface area contributed by atoms with E-state index in [1.165, 1.54) is 31.2 Å². The van der Waals surface area contributed by atoms with Crippen molar-refractivity contribution in [2.24, 2.45) is 5.92 Å². The van der Waals surface area contributed by atoms with Gasteiger partial charge in [0.25, 0.3) is 5.91 Å². The number of benzene rings is 1. The molecule has 2 fully saturated rings. The van der Waals surface area contributed by atoms with Crippen molar-refractivity contribution in [3.63, 3.8) is 0 Å². The van der Waals surface area contributed by atoms with Crippen molar-refractivity contribution < 1.29 is 4.79 Å². The maximum atomic E-state index is 12.6. The standard InChI is InChI=1S/C23H29N3O/c27-23(26-13-5-2-6-14-26)21-9-10-22(24-18-21)25-15-11-20(12-16-25)17-19-7-3-1-4-8-19/h1,3-4,7-10,18,20H,2,5-6,11-17H2. The Hall–Kier alpha value is -2.36. The molecular formula is C23H29N3O. The van der Waals surface area contributed by atoms with Crippen LogP contribution in [0.25, 0.3) is 0 Å². The van der Waals surface area contributed by atoms with Crippen LogP contribution in [0.15, 0.2) is 48.7 Å². The minimum Gasteiger partial charge on any atom is -0.357 e. The molecule has 2 saturated heterocycles. The molecule has 1 amide bonds. The first-order chi connectivity index (χ1) is 13.3. The van der Waals surface area contributed by atoms with Gasteiger partial charge in [0.05, 0.1) is 5.56 Å². The Morgan fingerprint density at radius 3 is 2.33 bits per heavy atom. The van der Waals surface area contributed by atoms with Gasteiger partial charge in [-0.15, -0.1) is 0 Å². The number of hydrogen-bond acceptors (Lipinski definition) is 3. The summed E-state index contributed by atoms with van der Waals surface area (Å²) in [6.45, 7) is 3.86. The van der Waals surface area contributed by atoms with Gasteiger partial charge in [0.15, 0.2) is 0 Å². The molecule has 4 heteroatoms. The summed E-state index contributed by atoms with van der Waals surface area (Å²) in [6, 6.07) is 14.8. The maximum absolute atomic E-state index is 12.6. The third-order valence-electron chi connectivity index (χ3n) is 5.94. The lowest BCUT2D eigenvalue weighted by molar-refractivity contribution is 0.0724. The molecule has 0 N–H and O–H groups in total. The van der Waals surface area contributed by atoms with Crippen molar-refractivity contribution in [3.8, 4) is 0 Å². The van der Waals surface area contributed by atoms with Crippen LogP contribution in [-0.4, -0.2) is 42.0 Å². The number of nitrogens with zero attached hydrogens (tertiary/aromatic N) is 3. The van der Waals surface area contributed by atoms with E-state index < -0.39 is 0 Å². The zero-order valence-corrected chi connectivity index (χ0v) is 16.0. The third kappa shape index (κ3) is 4.49. The summed E-state index contributed by atoms with van der Waals surface area (Å²) in [5.41, 5.74) is 2.16. The summed E-state index contributed by atoms with van der Waals surface area (Å²) in [6.07, 6.45) is 8.81. The first-order valence-electron chi connectivity index (χ1n) is 10.3. The molecular weight excluding hydrogens is 334 g/mol. The molecule has 3 heterocycles. The number of rotatable bonds is 4. The van der Waals surface area contributed by atoms with Crippen LogP contribution in [0.4, 0.5) is 5.82 Å². The number of piperidine rings is 2. The molecule has 1 aromatic carbocycles. The monoisotopic (exact) mass is 363 g/mol. The zero-order chi connectivity index (χ0) is 18.5. The van der Waals surface area contributed by atoms with Crippen molar-refractivity contribution >= 4 is 11.7 Å². The first kappa shape index (κ1) is 18.0. The van der Waals surface area contributed by atoms with E-state index in [0.29, 0.717) is 0 Å². The summed E-state index contributed by atoms with van der Waals surface area (Å²) in [5, 5.41) is 0. The lowest BCUT2D eigenvalue weighted by Gasteiger charge is -2.33. The van der Waals surface area contributed by atoms with E-state index in [1.807, 2.05) is 17.0 Å². The molecule has 4 nitrogen and oxygen atoms in total. The predicted molar refractivity (Wildman–Crippen MR) is 109 cm³/mol. The molecule has 142 valence electrons. The molecule has 0 saturated carbocycles. The Morgan fingerprint density at radius 1 is 0.926 bits per heavy atom. The SMILES string of the molecule is O=C(c1ccc(N2CCC(Cc3ccccc3)CC2)nc1)N1CCCCC1. The number of pyridine rings is 1. The largest absolute Gasteiger partial charge is 0.357 e. The van der Waals surface area contributed by atoms with Crippen LogP contribution in [0.3, 0.4) is 0 Å². The average molecular weight is 364 g/mol. The Labute approximate surface area is 162 Å². The number of anilines is 1. The average Bonchev–Trinajstić information content (AvgIpc) is 2.75. The van der Waals surface area contributed by atoms with E-state index in [1.54, 1.807) is 6.20 Å².